The molecule has 0 bridgehead atoms. The second-order valence-electron chi connectivity index (χ2n) is 7.27. The number of hydrogen-bond acceptors (Lipinski definition) is 10. The molecule has 2 amide bonds. The Kier molecular flexibility index (Phi) is 6.68. The van der Waals surface area contributed by atoms with E-state index in [1.165, 1.54) is 48.8 Å². The van der Waals surface area contributed by atoms with E-state index in [1.54, 1.807) is 0 Å². The number of rotatable bonds is 7. The van der Waals surface area contributed by atoms with Gasteiger partial charge in [-0.15, -0.1) is 0 Å². The Morgan fingerprint density at radius 1 is 0.946 bits per heavy atom. The Morgan fingerprint density at radius 3 is 2.35 bits per heavy atom. The number of pyridine rings is 1. The molecule has 0 radical (unpaired) electrons. The third kappa shape index (κ3) is 5.46. The summed E-state index contributed by atoms with van der Waals surface area (Å²) in [4.78, 5) is 69.5. The average Bonchev–Trinajstić information content (AvgIpc) is 2.89. The lowest BCUT2D eigenvalue weighted by atomic mass is 10.2. The minimum atomic E-state index is -1.02. The van der Waals surface area contributed by atoms with Crippen LogP contribution in [0.4, 0.5) is 17.1 Å². The molecule has 3 N–H and O–H groups in total. The summed E-state index contributed by atoms with van der Waals surface area (Å²) in [6.45, 7) is 0. The van der Waals surface area contributed by atoms with Gasteiger partial charge in [0.15, 0.2) is 11.4 Å². The number of carbonyl (C=O) groups is 2. The first-order valence-electron chi connectivity index (χ1n) is 10.3. The molecule has 0 unspecified atom stereocenters. The monoisotopic (exact) mass is 502 g/mol. The molecule has 0 fully saturated rings. The topological polar surface area (TPSA) is 215 Å². The normalized spacial score (nSPS) is 11.1. The van der Waals surface area contributed by atoms with Gasteiger partial charge >= 0.3 is 0 Å². The Bertz CT molecular complexity index is 1650. The number of aromatic amines is 1. The molecule has 2 aromatic heterocycles. The number of H-pyrrole nitrogens is 1. The third-order valence-corrected chi connectivity index (χ3v) is 4.85. The molecule has 37 heavy (non-hydrogen) atoms. The van der Waals surface area contributed by atoms with Crippen LogP contribution in [0.3, 0.4) is 0 Å². The highest BCUT2D eigenvalue weighted by molar-refractivity contribution is 6.48. The standard InChI is InChI=1S/C22H14N8O7/c31-20(12-6-8-23-9-7-12)28-27-19(22(33)24-13-2-1-3-14(10-13)29(34)35)18-21(32)26-17-11-15(30(36)37)4-5-16(17)25-18/h1-11H,(H,24,33)(H,26,32)(H,28,31)/b27-19+. The maximum absolute atomic E-state index is 13.1. The molecule has 0 atom stereocenters. The number of carbonyl (C=O) groups excluding carboxylic acids is 2. The van der Waals surface area contributed by atoms with Crippen LogP contribution in [0.25, 0.3) is 11.0 Å². The quantitative estimate of drug-likeness (QED) is 0.191. The molecule has 0 aliphatic carbocycles. The van der Waals surface area contributed by atoms with Gasteiger partial charge in [-0.2, -0.15) is 5.10 Å². The van der Waals surface area contributed by atoms with Crippen molar-refractivity contribution < 1.29 is 19.4 Å². The largest absolute Gasteiger partial charge is 0.320 e. The van der Waals surface area contributed by atoms with Gasteiger partial charge < -0.3 is 10.3 Å². The molecule has 0 aliphatic rings. The van der Waals surface area contributed by atoms with Crippen LogP contribution in [0.2, 0.25) is 0 Å². The van der Waals surface area contributed by atoms with Crippen LogP contribution in [0, 0.1) is 20.2 Å². The molecule has 2 heterocycles. The maximum Gasteiger partial charge on any atom is 0.278 e. The minimum absolute atomic E-state index is 0.0141. The van der Waals surface area contributed by atoms with E-state index in [1.807, 2.05) is 0 Å². The number of aromatic nitrogens is 3. The van der Waals surface area contributed by atoms with Crippen molar-refractivity contribution in [2.45, 2.75) is 0 Å². The molecule has 15 heteroatoms. The van der Waals surface area contributed by atoms with Crippen LogP contribution in [-0.4, -0.2) is 42.3 Å². The number of anilines is 1. The summed E-state index contributed by atoms with van der Waals surface area (Å²) in [7, 11) is 0. The van der Waals surface area contributed by atoms with Crippen LogP contribution >= 0.6 is 0 Å². The first kappa shape index (κ1) is 24.3. The summed E-state index contributed by atoms with van der Waals surface area (Å²) in [5, 5.41) is 28.3. The van der Waals surface area contributed by atoms with E-state index in [4.69, 9.17) is 0 Å². The predicted octanol–water partition coefficient (Wildman–Crippen LogP) is 1.91. The van der Waals surface area contributed by atoms with Crippen LogP contribution in [-0.2, 0) is 4.79 Å². The van der Waals surface area contributed by atoms with Gasteiger partial charge in [0.25, 0.3) is 28.7 Å². The second-order valence-corrected chi connectivity index (χ2v) is 7.27. The number of hydrazone groups is 1. The number of nitro benzene ring substituents is 2. The number of non-ortho nitro benzene ring substituents is 2. The lowest BCUT2D eigenvalue weighted by molar-refractivity contribution is -0.384. The number of benzene rings is 2. The maximum atomic E-state index is 13.1. The van der Waals surface area contributed by atoms with E-state index in [0.717, 1.165) is 18.2 Å². The van der Waals surface area contributed by atoms with Gasteiger partial charge in [-0.05, 0) is 24.3 Å². The molecular weight excluding hydrogens is 488 g/mol. The van der Waals surface area contributed by atoms with Gasteiger partial charge in [-0.25, -0.2) is 10.4 Å². The first-order chi connectivity index (χ1) is 17.7. The summed E-state index contributed by atoms with van der Waals surface area (Å²) in [5.41, 5.74) is -0.209. The van der Waals surface area contributed by atoms with Gasteiger partial charge in [-0.3, -0.25) is 39.6 Å². The van der Waals surface area contributed by atoms with Crippen molar-refractivity contribution in [3.8, 4) is 0 Å². The fourth-order valence-electron chi connectivity index (χ4n) is 3.12. The highest BCUT2D eigenvalue weighted by Crippen LogP contribution is 2.19. The Labute approximate surface area is 205 Å². The van der Waals surface area contributed by atoms with Crippen molar-refractivity contribution in [3.63, 3.8) is 0 Å². The Hall–Kier alpha value is -5.86. The number of nitro groups is 2. The molecule has 4 rings (SSSR count). The molecule has 15 nitrogen and oxygen atoms in total. The van der Waals surface area contributed by atoms with E-state index in [-0.39, 0.29) is 33.7 Å². The predicted molar refractivity (Wildman–Crippen MR) is 129 cm³/mol. The van der Waals surface area contributed by atoms with Crippen molar-refractivity contribution in [1.82, 2.24) is 20.4 Å². The van der Waals surface area contributed by atoms with Crippen molar-refractivity contribution in [2.75, 3.05) is 5.32 Å². The number of hydrogen-bond donors (Lipinski definition) is 3. The van der Waals surface area contributed by atoms with E-state index in [9.17, 15) is 34.6 Å². The van der Waals surface area contributed by atoms with Crippen molar-refractivity contribution >= 4 is 45.6 Å². The second kappa shape index (κ2) is 10.2. The van der Waals surface area contributed by atoms with Gasteiger partial charge in [-0.1, -0.05) is 6.07 Å². The molecule has 2 aromatic carbocycles. The molecular formula is C22H14N8O7. The number of amides is 2. The van der Waals surface area contributed by atoms with E-state index in [2.05, 4.69) is 30.8 Å². The summed E-state index contributed by atoms with van der Waals surface area (Å²) in [6, 6.07) is 11.3. The van der Waals surface area contributed by atoms with Gasteiger partial charge in [0, 0.05) is 47.9 Å². The lowest BCUT2D eigenvalue weighted by Gasteiger charge is -2.09. The molecule has 4 aromatic rings. The Morgan fingerprint density at radius 2 is 1.65 bits per heavy atom. The zero-order valence-electron chi connectivity index (χ0n) is 18.4. The SMILES string of the molecule is O=C(Nc1cccc([N+](=O)[O-])c1)/C(=N/NC(=O)c1ccncc1)c1nc2ccc([N+](=O)[O-])cc2[nH]c1=O. The van der Waals surface area contributed by atoms with Crippen molar-refractivity contribution in [1.29, 1.82) is 0 Å². The van der Waals surface area contributed by atoms with E-state index >= 15 is 0 Å². The van der Waals surface area contributed by atoms with Crippen molar-refractivity contribution in [2.24, 2.45) is 5.10 Å². The van der Waals surface area contributed by atoms with Crippen molar-refractivity contribution in [3.05, 3.63) is 109 Å². The zero-order valence-corrected chi connectivity index (χ0v) is 18.4. The molecule has 0 spiro atoms. The fourth-order valence-corrected chi connectivity index (χ4v) is 3.12. The highest BCUT2D eigenvalue weighted by Gasteiger charge is 2.22. The zero-order chi connectivity index (χ0) is 26.5. The highest BCUT2D eigenvalue weighted by atomic mass is 16.6. The molecule has 0 aliphatic heterocycles. The third-order valence-electron chi connectivity index (χ3n) is 4.85. The average molecular weight is 502 g/mol. The van der Waals surface area contributed by atoms with Crippen LogP contribution in [0.5, 0.6) is 0 Å². The lowest BCUT2D eigenvalue weighted by Crippen LogP contribution is -2.33. The Balaban J connectivity index is 1.76. The number of nitrogens with one attached hydrogen (secondary N) is 3. The van der Waals surface area contributed by atoms with Crippen LogP contribution in [0.1, 0.15) is 16.1 Å². The van der Waals surface area contributed by atoms with Gasteiger partial charge in [0.2, 0.25) is 0 Å². The van der Waals surface area contributed by atoms with Crippen LogP contribution in [0.15, 0.2) is 76.9 Å². The molecule has 184 valence electrons. The van der Waals surface area contributed by atoms with Crippen LogP contribution < -0.4 is 16.3 Å². The smallest absolute Gasteiger partial charge is 0.278 e. The number of nitrogens with zero attached hydrogens (tertiary/aromatic N) is 5. The minimum Gasteiger partial charge on any atom is -0.320 e. The summed E-state index contributed by atoms with van der Waals surface area (Å²) in [6.07, 6.45) is 2.73. The summed E-state index contributed by atoms with van der Waals surface area (Å²) >= 11 is 0. The number of fused-ring (bicyclic) bond motifs is 1. The van der Waals surface area contributed by atoms with Gasteiger partial charge in [0.1, 0.15) is 0 Å². The summed E-state index contributed by atoms with van der Waals surface area (Å²) < 4.78 is 0. The molecule has 0 saturated carbocycles. The van der Waals surface area contributed by atoms with Gasteiger partial charge in [0.05, 0.1) is 20.9 Å². The molecule has 0 saturated heterocycles. The summed E-state index contributed by atoms with van der Waals surface area (Å²) in [5.74, 6) is -1.74. The van der Waals surface area contributed by atoms with E-state index < -0.39 is 38.6 Å². The first-order valence-corrected chi connectivity index (χ1v) is 10.3. The fraction of sp³-hybridized carbons (Fsp3) is 0. The van der Waals surface area contributed by atoms with E-state index in [0.29, 0.717) is 0 Å².